The lowest BCUT2D eigenvalue weighted by molar-refractivity contribution is 0.00578. The van der Waals surface area contributed by atoms with Crippen LogP contribution in [0.4, 0.5) is 0 Å². The highest BCUT2D eigenvalue weighted by atomic mass is 16.7. The molecule has 2 aromatic rings. The van der Waals surface area contributed by atoms with Crippen molar-refractivity contribution in [3.63, 3.8) is 0 Å². The van der Waals surface area contributed by atoms with Crippen LogP contribution in [-0.4, -0.2) is 29.4 Å². The lowest BCUT2D eigenvalue weighted by atomic mass is 9.78. The van der Waals surface area contributed by atoms with Crippen LogP contribution in [0.15, 0.2) is 30.3 Å². The zero-order valence-electron chi connectivity index (χ0n) is 14.1. The van der Waals surface area contributed by atoms with Gasteiger partial charge in [0.15, 0.2) is 0 Å². The van der Waals surface area contributed by atoms with Crippen LogP contribution in [0.25, 0.3) is 10.8 Å². The van der Waals surface area contributed by atoms with E-state index in [2.05, 4.69) is 0 Å². The van der Waals surface area contributed by atoms with Crippen molar-refractivity contribution in [2.45, 2.75) is 45.8 Å². The van der Waals surface area contributed by atoms with Gasteiger partial charge < -0.3 is 14.4 Å². The second-order valence-corrected chi connectivity index (χ2v) is 7.17. The molecule has 1 aliphatic heterocycles. The van der Waals surface area contributed by atoms with Crippen LogP contribution in [-0.2, 0) is 9.31 Å². The summed E-state index contributed by atoms with van der Waals surface area (Å²) in [6, 6.07) is 9.47. The summed E-state index contributed by atoms with van der Waals surface area (Å²) in [6.45, 7) is 9.91. The maximum Gasteiger partial charge on any atom is 0.494 e. The van der Waals surface area contributed by atoms with Gasteiger partial charge in [-0.3, -0.25) is 0 Å². The second-order valence-electron chi connectivity index (χ2n) is 7.17. The van der Waals surface area contributed by atoms with E-state index in [-0.39, 0.29) is 11.2 Å². The highest BCUT2D eigenvalue weighted by molar-refractivity contribution is 6.62. The first-order valence-corrected chi connectivity index (χ1v) is 7.74. The van der Waals surface area contributed by atoms with E-state index < -0.39 is 13.1 Å². The van der Waals surface area contributed by atoms with Crippen LogP contribution in [0.1, 0.15) is 43.6 Å². The first kappa shape index (κ1) is 16.0. The molecule has 1 aliphatic rings. The number of hydrogen-bond acceptors (Lipinski definition) is 3. The molecular formula is C18H21BO4. The van der Waals surface area contributed by atoms with Gasteiger partial charge in [-0.15, -0.1) is 0 Å². The van der Waals surface area contributed by atoms with Crippen molar-refractivity contribution in [3.8, 4) is 0 Å². The number of aryl methyl sites for hydroxylation is 1. The van der Waals surface area contributed by atoms with Gasteiger partial charge in [0.1, 0.15) is 0 Å². The van der Waals surface area contributed by atoms with E-state index in [4.69, 9.17) is 9.31 Å². The van der Waals surface area contributed by atoms with Gasteiger partial charge in [-0.25, -0.2) is 4.79 Å². The maximum absolute atomic E-state index is 11.2. The van der Waals surface area contributed by atoms with Crippen molar-refractivity contribution < 1.29 is 19.2 Å². The van der Waals surface area contributed by atoms with E-state index in [0.717, 1.165) is 21.8 Å². The molecular weight excluding hydrogens is 291 g/mol. The fourth-order valence-corrected chi connectivity index (χ4v) is 2.79. The summed E-state index contributed by atoms with van der Waals surface area (Å²) in [4.78, 5) is 11.2. The van der Waals surface area contributed by atoms with Gasteiger partial charge in [0.25, 0.3) is 0 Å². The van der Waals surface area contributed by atoms with Crippen molar-refractivity contribution in [3.05, 3.63) is 41.5 Å². The number of hydrogen-bond donors (Lipinski definition) is 1. The molecule has 0 spiro atoms. The van der Waals surface area contributed by atoms with Crippen molar-refractivity contribution in [1.82, 2.24) is 0 Å². The van der Waals surface area contributed by atoms with E-state index in [1.165, 1.54) is 0 Å². The van der Waals surface area contributed by atoms with Crippen molar-refractivity contribution in [2.24, 2.45) is 0 Å². The van der Waals surface area contributed by atoms with Crippen LogP contribution < -0.4 is 5.46 Å². The molecule has 0 amide bonds. The number of carbonyl (C=O) groups is 1. The average Bonchev–Trinajstić information content (AvgIpc) is 2.65. The Morgan fingerprint density at radius 1 is 1.00 bits per heavy atom. The molecule has 0 radical (unpaired) electrons. The molecule has 0 bridgehead atoms. The van der Waals surface area contributed by atoms with E-state index in [0.29, 0.717) is 5.56 Å². The van der Waals surface area contributed by atoms with Crippen molar-refractivity contribution in [2.75, 3.05) is 0 Å². The number of carboxylic acids is 1. The zero-order chi connectivity index (χ0) is 17.0. The number of rotatable bonds is 2. The Bertz CT molecular complexity index is 779. The lowest BCUT2D eigenvalue weighted by Gasteiger charge is -2.32. The molecule has 2 aromatic carbocycles. The molecule has 1 N–H and O–H groups in total. The van der Waals surface area contributed by atoms with Gasteiger partial charge >= 0.3 is 13.1 Å². The van der Waals surface area contributed by atoms with Gasteiger partial charge in [0.05, 0.1) is 16.8 Å². The number of benzene rings is 2. The first-order chi connectivity index (χ1) is 10.6. The largest absolute Gasteiger partial charge is 0.494 e. The summed E-state index contributed by atoms with van der Waals surface area (Å²) in [5.41, 5.74) is 1.27. The Hall–Kier alpha value is -1.85. The summed E-state index contributed by atoms with van der Waals surface area (Å²) in [6.07, 6.45) is 0. The van der Waals surface area contributed by atoms with Crippen LogP contribution >= 0.6 is 0 Å². The highest BCUT2D eigenvalue weighted by Gasteiger charge is 2.51. The minimum atomic E-state index is -0.903. The number of fused-ring (bicyclic) bond motifs is 1. The molecule has 3 rings (SSSR count). The van der Waals surface area contributed by atoms with E-state index in [9.17, 15) is 9.90 Å². The van der Waals surface area contributed by atoms with Crippen molar-refractivity contribution >= 4 is 29.3 Å². The molecule has 5 heteroatoms. The Labute approximate surface area is 136 Å². The average molecular weight is 312 g/mol. The van der Waals surface area contributed by atoms with Gasteiger partial charge in [-0.05, 0) is 62.5 Å². The quantitative estimate of drug-likeness (QED) is 0.866. The number of carboxylic acid groups (broad SMARTS) is 1. The third-order valence-corrected chi connectivity index (χ3v) is 4.96. The smallest absolute Gasteiger partial charge is 0.478 e. The third kappa shape index (κ3) is 2.64. The molecule has 4 nitrogen and oxygen atoms in total. The van der Waals surface area contributed by atoms with Crippen LogP contribution in [0, 0.1) is 6.92 Å². The summed E-state index contributed by atoms with van der Waals surface area (Å²) in [5.74, 6) is -0.903. The Morgan fingerprint density at radius 3 is 2.17 bits per heavy atom. The molecule has 120 valence electrons. The predicted molar refractivity (Wildman–Crippen MR) is 91.4 cm³/mol. The summed E-state index contributed by atoms with van der Waals surface area (Å²) in [7, 11) is -0.413. The topological polar surface area (TPSA) is 55.8 Å². The maximum atomic E-state index is 11.2. The molecule has 1 saturated heterocycles. The minimum Gasteiger partial charge on any atom is -0.478 e. The predicted octanol–water partition coefficient (Wildman–Crippen LogP) is 3.15. The normalized spacial score (nSPS) is 19.3. The zero-order valence-corrected chi connectivity index (χ0v) is 14.1. The van der Waals surface area contributed by atoms with Gasteiger partial charge in [0.2, 0.25) is 0 Å². The monoisotopic (exact) mass is 312 g/mol. The molecule has 0 aromatic heterocycles. The molecule has 1 heterocycles. The van der Waals surface area contributed by atoms with E-state index in [1.807, 2.05) is 58.9 Å². The van der Waals surface area contributed by atoms with E-state index in [1.54, 1.807) is 6.07 Å². The second kappa shape index (κ2) is 5.08. The molecule has 0 saturated carbocycles. The molecule has 0 atom stereocenters. The fourth-order valence-electron chi connectivity index (χ4n) is 2.79. The van der Waals surface area contributed by atoms with Crippen LogP contribution in [0.3, 0.4) is 0 Å². The Balaban J connectivity index is 2.02. The first-order valence-electron chi connectivity index (χ1n) is 7.74. The molecule has 23 heavy (non-hydrogen) atoms. The minimum absolute atomic E-state index is 0.334. The number of aromatic carboxylic acids is 1. The van der Waals surface area contributed by atoms with Gasteiger partial charge in [-0.1, -0.05) is 24.3 Å². The van der Waals surface area contributed by atoms with Crippen molar-refractivity contribution in [1.29, 1.82) is 0 Å². The van der Waals surface area contributed by atoms with Crippen LogP contribution in [0.5, 0.6) is 0 Å². The Morgan fingerprint density at radius 2 is 1.61 bits per heavy atom. The Kier molecular flexibility index (Phi) is 3.54. The fraction of sp³-hybridized carbons (Fsp3) is 0.389. The van der Waals surface area contributed by atoms with Gasteiger partial charge in [-0.2, -0.15) is 0 Å². The van der Waals surface area contributed by atoms with Crippen LogP contribution in [0.2, 0.25) is 0 Å². The highest BCUT2D eigenvalue weighted by Crippen LogP contribution is 2.36. The lowest BCUT2D eigenvalue weighted by Crippen LogP contribution is -2.41. The van der Waals surface area contributed by atoms with E-state index >= 15 is 0 Å². The standard InChI is InChI=1S/C18H21BO4/c1-11-8-13-9-14(7-6-12(13)10-15(11)16(20)21)19-22-17(2,3)18(4,5)23-19/h6-10H,1-5H3,(H,20,21). The molecule has 0 unspecified atom stereocenters. The third-order valence-electron chi connectivity index (χ3n) is 4.96. The van der Waals surface area contributed by atoms with Gasteiger partial charge in [0, 0.05) is 0 Å². The summed E-state index contributed by atoms with van der Waals surface area (Å²) in [5, 5.41) is 11.1. The molecule has 1 fully saturated rings. The SMILES string of the molecule is Cc1cc2cc(B3OC(C)(C)C(C)(C)O3)ccc2cc1C(=O)O. The molecule has 0 aliphatic carbocycles. The summed E-state index contributed by atoms with van der Waals surface area (Å²) < 4.78 is 12.1. The summed E-state index contributed by atoms with van der Waals surface area (Å²) >= 11 is 0.